The molecule has 2 aromatic rings. The molecule has 1 fully saturated rings. The maximum absolute atomic E-state index is 13.1. The average molecular weight is 340 g/mol. The van der Waals surface area contributed by atoms with E-state index in [0.29, 0.717) is 18.5 Å². The molecule has 1 unspecified atom stereocenters. The van der Waals surface area contributed by atoms with Gasteiger partial charge >= 0.3 is 0 Å². The van der Waals surface area contributed by atoms with Gasteiger partial charge in [-0.25, -0.2) is 4.39 Å². The molecule has 4 nitrogen and oxygen atoms in total. The van der Waals surface area contributed by atoms with Gasteiger partial charge in [0.2, 0.25) is 5.91 Å². The quantitative estimate of drug-likeness (QED) is 0.926. The molecule has 1 aliphatic rings. The minimum Gasteiger partial charge on any atom is -0.327 e. The molecule has 0 spiro atoms. The summed E-state index contributed by atoms with van der Waals surface area (Å²) in [7, 11) is 0. The SMILES string of the molecule is Cc1ccc(NC(=O)C2CCCN2C(=O)c2ccc(F)cc2)c(C)c1. The molecule has 1 saturated heterocycles. The van der Waals surface area contributed by atoms with Crippen molar-refractivity contribution in [3.05, 3.63) is 65.0 Å². The van der Waals surface area contributed by atoms with E-state index in [1.54, 1.807) is 4.90 Å². The lowest BCUT2D eigenvalue weighted by molar-refractivity contribution is -0.119. The zero-order chi connectivity index (χ0) is 18.0. The number of nitrogens with zero attached hydrogens (tertiary/aromatic N) is 1. The number of carbonyl (C=O) groups excluding carboxylic acids is 2. The topological polar surface area (TPSA) is 49.4 Å². The summed E-state index contributed by atoms with van der Waals surface area (Å²) in [4.78, 5) is 26.9. The van der Waals surface area contributed by atoms with Crippen LogP contribution in [0.1, 0.15) is 34.3 Å². The van der Waals surface area contributed by atoms with Crippen LogP contribution in [0, 0.1) is 19.7 Å². The summed E-state index contributed by atoms with van der Waals surface area (Å²) >= 11 is 0. The van der Waals surface area contributed by atoms with E-state index in [2.05, 4.69) is 5.32 Å². The number of nitrogens with one attached hydrogen (secondary N) is 1. The van der Waals surface area contributed by atoms with Gasteiger partial charge in [0.15, 0.2) is 0 Å². The molecule has 0 radical (unpaired) electrons. The molecule has 25 heavy (non-hydrogen) atoms. The Morgan fingerprint density at radius 1 is 1.12 bits per heavy atom. The number of carbonyl (C=O) groups is 2. The number of hydrogen-bond donors (Lipinski definition) is 1. The van der Waals surface area contributed by atoms with E-state index < -0.39 is 6.04 Å². The number of hydrogen-bond acceptors (Lipinski definition) is 2. The van der Waals surface area contributed by atoms with E-state index >= 15 is 0 Å². The number of rotatable bonds is 3. The van der Waals surface area contributed by atoms with Gasteiger partial charge in [0.25, 0.3) is 5.91 Å². The monoisotopic (exact) mass is 340 g/mol. The van der Waals surface area contributed by atoms with Crippen LogP contribution in [0.25, 0.3) is 0 Å². The lowest BCUT2D eigenvalue weighted by Crippen LogP contribution is -2.43. The number of aryl methyl sites for hydroxylation is 2. The smallest absolute Gasteiger partial charge is 0.254 e. The van der Waals surface area contributed by atoms with Crippen LogP contribution in [-0.4, -0.2) is 29.3 Å². The van der Waals surface area contributed by atoms with Gasteiger partial charge in [-0.05, 0) is 62.6 Å². The van der Waals surface area contributed by atoms with Crippen LogP contribution >= 0.6 is 0 Å². The van der Waals surface area contributed by atoms with Crippen LogP contribution < -0.4 is 5.32 Å². The molecule has 1 heterocycles. The first-order chi connectivity index (χ1) is 12.0. The highest BCUT2D eigenvalue weighted by atomic mass is 19.1. The number of likely N-dealkylation sites (tertiary alicyclic amines) is 1. The molecule has 0 aliphatic carbocycles. The molecule has 0 saturated carbocycles. The molecule has 1 N–H and O–H groups in total. The summed E-state index contributed by atoms with van der Waals surface area (Å²) in [5.41, 5.74) is 3.27. The van der Waals surface area contributed by atoms with Crippen molar-refractivity contribution >= 4 is 17.5 Å². The molecule has 0 aromatic heterocycles. The van der Waals surface area contributed by atoms with Crippen molar-refractivity contribution in [1.29, 1.82) is 0 Å². The maximum Gasteiger partial charge on any atom is 0.254 e. The Morgan fingerprint density at radius 3 is 2.52 bits per heavy atom. The van der Waals surface area contributed by atoms with Crippen molar-refractivity contribution in [3.8, 4) is 0 Å². The minimum absolute atomic E-state index is 0.181. The summed E-state index contributed by atoms with van der Waals surface area (Å²) in [5, 5.41) is 2.93. The Balaban J connectivity index is 1.75. The van der Waals surface area contributed by atoms with Gasteiger partial charge in [-0.15, -0.1) is 0 Å². The van der Waals surface area contributed by atoms with E-state index in [0.717, 1.165) is 23.2 Å². The first-order valence-electron chi connectivity index (χ1n) is 8.40. The van der Waals surface area contributed by atoms with Crippen molar-refractivity contribution in [1.82, 2.24) is 4.90 Å². The molecule has 3 rings (SSSR count). The molecule has 0 bridgehead atoms. The Kier molecular flexibility index (Phi) is 4.83. The highest BCUT2D eigenvalue weighted by molar-refractivity contribution is 6.01. The fraction of sp³-hybridized carbons (Fsp3) is 0.300. The van der Waals surface area contributed by atoms with Gasteiger partial charge in [-0.3, -0.25) is 9.59 Å². The molecular weight excluding hydrogens is 319 g/mol. The Bertz CT molecular complexity index is 802. The van der Waals surface area contributed by atoms with Crippen LogP contribution in [0.5, 0.6) is 0 Å². The Hall–Kier alpha value is -2.69. The van der Waals surface area contributed by atoms with Crippen molar-refractivity contribution in [3.63, 3.8) is 0 Å². The van der Waals surface area contributed by atoms with Crippen molar-refractivity contribution in [2.45, 2.75) is 32.7 Å². The highest BCUT2D eigenvalue weighted by Crippen LogP contribution is 2.23. The third-order valence-electron chi connectivity index (χ3n) is 4.55. The normalized spacial score (nSPS) is 16.8. The van der Waals surface area contributed by atoms with Crippen LogP contribution in [-0.2, 0) is 4.79 Å². The predicted octanol–water partition coefficient (Wildman–Crippen LogP) is 3.69. The van der Waals surface area contributed by atoms with Crippen molar-refractivity contribution in [2.75, 3.05) is 11.9 Å². The number of halogens is 1. The fourth-order valence-corrected chi connectivity index (χ4v) is 3.21. The van der Waals surface area contributed by atoms with Gasteiger partial charge in [0.05, 0.1) is 0 Å². The van der Waals surface area contributed by atoms with E-state index in [1.165, 1.54) is 24.3 Å². The fourth-order valence-electron chi connectivity index (χ4n) is 3.21. The standard InChI is InChI=1S/C20H21FN2O2/c1-13-5-10-17(14(2)12-13)22-19(24)18-4-3-11-23(18)20(25)15-6-8-16(21)9-7-15/h5-10,12,18H,3-4,11H2,1-2H3,(H,22,24). The van der Waals surface area contributed by atoms with Crippen LogP contribution in [0.4, 0.5) is 10.1 Å². The second kappa shape index (κ2) is 7.05. The average Bonchev–Trinajstić information content (AvgIpc) is 3.07. The highest BCUT2D eigenvalue weighted by Gasteiger charge is 2.34. The molecule has 5 heteroatoms. The Morgan fingerprint density at radius 2 is 1.84 bits per heavy atom. The van der Waals surface area contributed by atoms with Crippen molar-refractivity contribution in [2.24, 2.45) is 0 Å². The largest absolute Gasteiger partial charge is 0.327 e. The molecule has 2 amide bonds. The summed E-state index contributed by atoms with van der Waals surface area (Å²) in [6, 6.07) is 10.7. The zero-order valence-electron chi connectivity index (χ0n) is 14.4. The molecular formula is C20H21FN2O2. The van der Waals surface area contributed by atoms with Crippen LogP contribution in [0.3, 0.4) is 0 Å². The summed E-state index contributed by atoms with van der Waals surface area (Å²) in [5.74, 6) is -0.805. The first kappa shape index (κ1) is 17.1. The molecule has 1 aliphatic heterocycles. The van der Waals surface area contributed by atoms with Crippen LogP contribution in [0.2, 0.25) is 0 Å². The summed E-state index contributed by atoms with van der Waals surface area (Å²) in [6.07, 6.45) is 1.40. The van der Waals surface area contributed by atoms with Crippen LogP contribution in [0.15, 0.2) is 42.5 Å². The minimum atomic E-state index is -0.502. The second-order valence-electron chi connectivity index (χ2n) is 6.47. The van der Waals surface area contributed by atoms with Gasteiger partial charge in [0.1, 0.15) is 11.9 Å². The van der Waals surface area contributed by atoms with E-state index in [4.69, 9.17) is 0 Å². The van der Waals surface area contributed by atoms with E-state index in [1.807, 2.05) is 32.0 Å². The third kappa shape index (κ3) is 3.71. The predicted molar refractivity (Wildman–Crippen MR) is 95.0 cm³/mol. The number of benzene rings is 2. The van der Waals surface area contributed by atoms with Gasteiger partial charge in [0, 0.05) is 17.8 Å². The molecule has 2 aromatic carbocycles. The number of amides is 2. The van der Waals surface area contributed by atoms with Crippen molar-refractivity contribution < 1.29 is 14.0 Å². The lowest BCUT2D eigenvalue weighted by Gasteiger charge is -2.24. The van der Waals surface area contributed by atoms with Gasteiger partial charge < -0.3 is 10.2 Å². The second-order valence-corrected chi connectivity index (χ2v) is 6.47. The maximum atomic E-state index is 13.1. The van der Waals surface area contributed by atoms with Gasteiger partial charge in [-0.2, -0.15) is 0 Å². The van der Waals surface area contributed by atoms with E-state index in [9.17, 15) is 14.0 Å². The third-order valence-corrected chi connectivity index (χ3v) is 4.55. The number of anilines is 1. The molecule has 130 valence electrons. The first-order valence-corrected chi connectivity index (χ1v) is 8.40. The Labute approximate surface area is 146 Å². The van der Waals surface area contributed by atoms with Gasteiger partial charge in [-0.1, -0.05) is 17.7 Å². The lowest BCUT2D eigenvalue weighted by atomic mass is 10.1. The zero-order valence-corrected chi connectivity index (χ0v) is 14.4. The van der Waals surface area contributed by atoms with E-state index in [-0.39, 0.29) is 17.6 Å². The summed E-state index contributed by atoms with van der Waals surface area (Å²) < 4.78 is 13.1. The molecule has 1 atom stereocenters. The summed E-state index contributed by atoms with van der Waals surface area (Å²) in [6.45, 7) is 4.47.